The summed E-state index contributed by atoms with van der Waals surface area (Å²) in [4.78, 5) is 8.23. The molecule has 8 nitrogen and oxygen atoms in total. The molecule has 0 aliphatic heterocycles. The second-order valence-corrected chi connectivity index (χ2v) is 4.04. The van der Waals surface area contributed by atoms with Crippen LogP contribution in [0.15, 0.2) is 68.1 Å². The van der Waals surface area contributed by atoms with Gasteiger partial charge in [-0.05, 0) is 24.3 Å². The van der Waals surface area contributed by atoms with Gasteiger partial charge in [0.2, 0.25) is 5.95 Å². The minimum atomic E-state index is 0.334. The van der Waals surface area contributed by atoms with Gasteiger partial charge in [0.05, 0.1) is 25.0 Å². The molecule has 0 saturated carbocycles. The van der Waals surface area contributed by atoms with E-state index in [2.05, 4.69) is 31.0 Å². The van der Waals surface area contributed by atoms with Gasteiger partial charge in [0.15, 0.2) is 5.82 Å². The van der Waals surface area contributed by atoms with Gasteiger partial charge in [0.1, 0.15) is 11.5 Å². The van der Waals surface area contributed by atoms with Crippen molar-refractivity contribution in [2.24, 2.45) is 10.2 Å². The van der Waals surface area contributed by atoms with Crippen molar-refractivity contribution < 1.29 is 8.83 Å². The molecule has 0 saturated heterocycles. The Balaban J connectivity index is 1.57. The van der Waals surface area contributed by atoms with Crippen LogP contribution >= 0.6 is 0 Å². The quantitative estimate of drug-likeness (QED) is 0.535. The Morgan fingerprint density at radius 3 is 2.23 bits per heavy atom. The Morgan fingerprint density at radius 2 is 1.59 bits per heavy atom. The van der Waals surface area contributed by atoms with Gasteiger partial charge in [-0.2, -0.15) is 15.2 Å². The van der Waals surface area contributed by atoms with Crippen molar-refractivity contribution in [3.8, 4) is 0 Å². The molecule has 3 heterocycles. The van der Waals surface area contributed by atoms with E-state index in [1.54, 1.807) is 55.3 Å². The third-order valence-corrected chi connectivity index (χ3v) is 2.47. The van der Waals surface area contributed by atoms with Crippen molar-refractivity contribution in [2.75, 3.05) is 10.9 Å². The van der Waals surface area contributed by atoms with E-state index in [1.165, 1.54) is 6.21 Å². The SMILES string of the molecule is C(=N\Nc1ccnc(N/N=C/c2ccco2)n1)/c1ccco1. The Hall–Kier alpha value is -3.42. The van der Waals surface area contributed by atoms with Crippen LogP contribution in [0.2, 0.25) is 0 Å². The molecule has 0 radical (unpaired) electrons. The zero-order valence-electron chi connectivity index (χ0n) is 11.4. The van der Waals surface area contributed by atoms with Crippen LogP contribution in [0.3, 0.4) is 0 Å². The lowest BCUT2D eigenvalue weighted by Crippen LogP contribution is -1.99. The Morgan fingerprint density at radius 1 is 0.909 bits per heavy atom. The monoisotopic (exact) mass is 296 g/mol. The van der Waals surface area contributed by atoms with Gasteiger partial charge >= 0.3 is 0 Å². The molecule has 3 aromatic heterocycles. The molecule has 0 unspecified atom stereocenters. The molecule has 0 spiro atoms. The zero-order valence-corrected chi connectivity index (χ0v) is 11.4. The van der Waals surface area contributed by atoms with Gasteiger partial charge in [0, 0.05) is 12.3 Å². The summed E-state index contributed by atoms with van der Waals surface area (Å²) in [7, 11) is 0. The van der Waals surface area contributed by atoms with Crippen LogP contribution in [0.4, 0.5) is 11.8 Å². The fraction of sp³-hybridized carbons (Fsp3) is 0. The molecule has 0 amide bonds. The molecular weight excluding hydrogens is 284 g/mol. The molecule has 22 heavy (non-hydrogen) atoms. The number of hydrogen-bond acceptors (Lipinski definition) is 8. The highest BCUT2D eigenvalue weighted by Crippen LogP contribution is 2.06. The molecule has 0 aliphatic carbocycles. The molecule has 0 aromatic carbocycles. The largest absolute Gasteiger partial charge is 0.463 e. The maximum Gasteiger partial charge on any atom is 0.245 e. The van der Waals surface area contributed by atoms with Crippen LogP contribution in [0.5, 0.6) is 0 Å². The van der Waals surface area contributed by atoms with Gasteiger partial charge in [-0.3, -0.25) is 5.43 Å². The second-order valence-electron chi connectivity index (χ2n) is 4.04. The molecule has 3 rings (SSSR count). The lowest BCUT2D eigenvalue weighted by Gasteiger charge is -2.01. The minimum absolute atomic E-state index is 0.334. The minimum Gasteiger partial charge on any atom is -0.463 e. The fourth-order valence-corrected chi connectivity index (χ4v) is 1.52. The Kier molecular flexibility index (Phi) is 4.22. The summed E-state index contributed by atoms with van der Waals surface area (Å²) >= 11 is 0. The zero-order chi connectivity index (χ0) is 15.0. The molecule has 110 valence electrons. The summed E-state index contributed by atoms with van der Waals surface area (Å²) in [5.41, 5.74) is 5.48. The van der Waals surface area contributed by atoms with Crippen molar-refractivity contribution in [2.45, 2.75) is 0 Å². The maximum atomic E-state index is 5.12. The van der Waals surface area contributed by atoms with Crippen molar-refractivity contribution in [3.63, 3.8) is 0 Å². The number of nitrogens with one attached hydrogen (secondary N) is 2. The summed E-state index contributed by atoms with van der Waals surface area (Å²) in [5.74, 6) is 2.13. The maximum absolute atomic E-state index is 5.12. The normalized spacial score (nSPS) is 11.3. The number of anilines is 2. The second kappa shape index (κ2) is 6.84. The summed E-state index contributed by atoms with van der Waals surface area (Å²) in [6.07, 6.45) is 7.80. The summed E-state index contributed by atoms with van der Waals surface area (Å²) in [6.45, 7) is 0. The molecule has 0 fully saturated rings. The van der Waals surface area contributed by atoms with E-state index < -0.39 is 0 Å². The number of hydrogen-bond donors (Lipinski definition) is 2. The van der Waals surface area contributed by atoms with Crippen LogP contribution in [0, 0.1) is 0 Å². The number of rotatable bonds is 6. The van der Waals surface area contributed by atoms with Crippen LogP contribution in [-0.4, -0.2) is 22.4 Å². The van der Waals surface area contributed by atoms with Crippen molar-refractivity contribution >= 4 is 24.2 Å². The van der Waals surface area contributed by atoms with E-state index in [0.29, 0.717) is 23.3 Å². The van der Waals surface area contributed by atoms with Crippen molar-refractivity contribution in [1.82, 2.24) is 9.97 Å². The van der Waals surface area contributed by atoms with E-state index in [4.69, 9.17) is 8.83 Å². The summed E-state index contributed by atoms with van der Waals surface area (Å²) in [5, 5.41) is 7.98. The molecule has 0 aliphatic rings. The van der Waals surface area contributed by atoms with Gasteiger partial charge in [-0.15, -0.1) is 0 Å². The van der Waals surface area contributed by atoms with E-state index in [1.807, 2.05) is 0 Å². The third kappa shape index (κ3) is 3.79. The molecule has 0 atom stereocenters. The fourth-order valence-electron chi connectivity index (χ4n) is 1.52. The first-order valence-corrected chi connectivity index (χ1v) is 6.38. The van der Waals surface area contributed by atoms with E-state index in [0.717, 1.165) is 0 Å². The van der Waals surface area contributed by atoms with Crippen LogP contribution in [-0.2, 0) is 0 Å². The first-order valence-electron chi connectivity index (χ1n) is 6.38. The lowest BCUT2D eigenvalue weighted by molar-refractivity contribution is 0.560. The van der Waals surface area contributed by atoms with Gasteiger partial charge in [0.25, 0.3) is 0 Å². The van der Waals surface area contributed by atoms with Gasteiger partial charge < -0.3 is 8.83 Å². The number of nitrogens with zero attached hydrogens (tertiary/aromatic N) is 4. The predicted molar refractivity (Wildman–Crippen MR) is 81.9 cm³/mol. The first kappa shape index (κ1) is 13.6. The smallest absolute Gasteiger partial charge is 0.245 e. The topological polar surface area (TPSA) is 101 Å². The Labute approximate surface area is 125 Å². The molecule has 2 N–H and O–H groups in total. The lowest BCUT2D eigenvalue weighted by atomic mass is 10.5. The van der Waals surface area contributed by atoms with Crippen LogP contribution < -0.4 is 10.9 Å². The average molecular weight is 296 g/mol. The average Bonchev–Trinajstić information content (AvgIpc) is 3.21. The van der Waals surface area contributed by atoms with E-state index in [-0.39, 0.29) is 0 Å². The predicted octanol–water partition coefficient (Wildman–Crippen LogP) is 2.55. The number of aromatic nitrogens is 2. The van der Waals surface area contributed by atoms with Crippen LogP contribution in [0.25, 0.3) is 0 Å². The standard InChI is InChI=1S/C14H12N6O2/c1-3-11(21-7-1)9-16-19-13-5-6-15-14(18-13)20-17-10-12-4-2-8-22-12/h1-10H,(H2,15,18,19,20)/b16-9+,17-10+. The highest BCUT2D eigenvalue weighted by Gasteiger charge is 1.97. The summed E-state index contributed by atoms with van der Waals surface area (Å²) in [6, 6.07) is 8.82. The number of hydrazone groups is 2. The highest BCUT2D eigenvalue weighted by atomic mass is 16.3. The van der Waals surface area contributed by atoms with Gasteiger partial charge in [-0.25, -0.2) is 10.4 Å². The van der Waals surface area contributed by atoms with Crippen molar-refractivity contribution in [1.29, 1.82) is 0 Å². The first-order chi connectivity index (χ1) is 10.9. The molecule has 3 aromatic rings. The summed E-state index contributed by atoms with van der Waals surface area (Å²) < 4.78 is 10.2. The molecule has 8 heteroatoms. The van der Waals surface area contributed by atoms with E-state index in [9.17, 15) is 0 Å². The van der Waals surface area contributed by atoms with Crippen LogP contribution in [0.1, 0.15) is 11.5 Å². The van der Waals surface area contributed by atoms with Crippen molar-refractivity contribution in [3.05, 3.63) is 60.6 Å². The molecule has 0 bridgehead atoms. The van der Waals surface area contributed by atoms with E-state index >= 15 is 0 Å². The highest BCUT2D eigenvalue weighted by molar-refractivity contribution is 5.76. The Bertz CT molecular complexity index is 688. The van der Waals surface area contributed by atoms with Gasteiger partial charge in [-0.1, -0.05) is 0 Å². The molecular formula is C14H12N6O2. The number of furan rings is 2. The third-order valence-electron chi connectivity index (χ3n) is 2.47.